The summed E-state index contributed by atoms with van der Waals surface area (Å²) in [7, 11) is 0. The fraction of sp³-hybridized carbons (Fsp3) is 0.684. The summed E-state index contributed by atoms with van der Waals surface area (Å²) in [5, 5.41) is 3.70. The first-order valence-corrected chi connectivity index (χ1v) is 8.84. The molecule has 0 aliphatic carbocycles. The highest BCUT2D eigenvalue weighted by molar-refractivity contribution is 5.24. The zero-order valence-electron chi connectivity index (χ0n) is 13.6. The minimum atomic E-state index is 0.563. The molecule has 2 unspecified atom stereocenters. The summed E-state index contributed by atoms with van der Waals surface area (Å²) in [6.07, 6.45) is 6.66. The number of nitrogens with one attached hydrogen (secondary N) is 1. The number of rotatable bonds is 4. The Balaban J connectivity index is 1.55. The number of nitrogens with zero attached hydrogens (tertiary/aromatic N) is 1. The van der Waals surface area contributed by atoms with Crippen molar-refractivity contribution in [1.29, 1.82) is 0 Å². The topological polar surface area (TPSA) is 15.3 Å². The molecule has 1 aromatic rings. The maximum Gasteiger partial charge on any atom is 0.0319 e. The van der Waals surface area contributed by atoms with Crippen molar-refractivity contribution >= 4 is 0 Å². The second-order valence-corrected chi connectivity index (χ2v) is 6.85. The van der Waals surface area contributed by atoms with Crippen LogP contribution in [0.3, 0.4) is 0 Å². The van der Waals surface area contributed by atoms with E-state index < -0.39 is 0 Å². The third kappa shape index (κ3) is 3.49. The van der Waals surface area contributed by atoms with E-state index in [1.165, 1.54) is 56.4 Å². The van der Waals surface area contributed by atoms with Crippen molar-refractivity contribution in [2.45, 2.75) is 58.0 Å². The van der Waals surface area contributed by atoms with Gasteiger partial charge < -0.3 is 5.32 Å². The average molecular weight is 286 g/mol. The number of hydrogen-bond acceptors (Lipinski definition) is 2. The third-order valence-electron chi connectivity index (χ3n) is 5.66. The first kappa shape index (κ1) is 15.1. The molecule has 3 rings (SSSR count). The molecule has 2 heterocycles. The summed E-state index contributed by atoms with van der Waals surface area (Å²) in [5.41, 5.74) is 2.92. The SMILES string of the molecule is CCc1ccc(C(C)N2CCC(C3CCCN3)CC2)cc1. The highest BCUT2D eigenvalue weighted by Gasteiger charge is 2.29. The molecule has 2 fully saturated rings. The van der Waals surface area contributed by atoms with Crippen LogP contribution in [0, 0.1) is 5.92 Å². The van der Waals surface area contributed by atoms with Crippen LogP contribution in [0.2, 0.25) is 0 Å². The Kier molecular flexibility index (Phi) is 4.97. The molecule has 2 saturated heterocycles. The molecule has 0 amide bonds. The standard InChI is InChI=1S/C19H30N2/c1-3-16-6-8-17(9-7-16)15(2)21-13-10-18(11-14-21)19-5-4-12-20-19/h6-9,15,18-20H,3-5,10-14H2,1-2H3. The molecule has 2 aliphatic heterocycles. The summed E-state index contributed by atoms with van der Waals surface area (Å²) in [6.45, 7) is 8.36. The lowest BCUT2D eigenvalue weighted by Crippen LogP contribution is -2.41. The highest BCUT2D eigenvalue weighted by Crippen LogP contribution is 2.30. The number of benzene rings is 1. The van der Waals surface area contributed by atoms with Crippen LogP contribution in [-0.2, 0) is 6.42 Å². The first-order chi connectivity index (χ1) is 10.3. The number of likely N-dealkylation sites (tertiary alicyclic amines) is 1. The number of piperidine rings is 1. The minimum Gasteiger partial charge on any atom is -0.314 e. The summed E-state index contributed by atoms with van der Waals surface area (Å²) < 4.78 is 0. The van der Waals surface area contributed by atoms with Crippen molar-refractivity contribution in [3.8, 4) is 0 Å². The van der Waals surface area contributed by atoms with Crippen LogP contribution in [0.25, 0.3) is 0 Å². The van der Waals surface area contributed by atoms with E-state index >= 15 is 0 Å². The van der Waals surface area contributed by atoms with Gasteiger partial charge in [0.25, 0.3) is 0 Å². The Morgan fingerprint density at radius 2 is 1.86 bits per heavy atom. The largest absolute Gasteiger partial charge is 0.314 e. The van der Waals surface area contributed by atoms with Gasteiger partial charge in [0.2, 0.25) is 0 Å². The van der Waals surface area contributed by atoms with Crippen LogP contribution in [-0.4, -0.2) is 30.6 Å². The molecule has 0 aromatic heterocycles. The lowest BCUT2D eigenvalue weighted by Gasteiger charge is -2.38. The van der Waals surface area contributed by atoms with Crippen LogP contribution < -0.4 is 5.32 Å². The van der Waals surface area contributed by atoms with E-state index in [0.717, 1.165) is 18.4 Å². The van der Waals surface area contributed by atoms with Gasteiger partial charge in [-0.2, -0.15) is 0 Å². The molecule has 2 atom stereocenters. The van der Waals surface area contributed by atoms with Crippen molar-refractivity contribution in [2.24, 2.45) is 5.92 Å². The number of hydrogen-bond donors (Lipinski definition) is 1. The van der Waals surface area contributed by atoms with Gasteiger partial charge in [-0.05, 0) is 75.7 Å². The fourth-order valence-corrected chi connectivity index (χ4v) is 4.07. The summed E-state index contributed by atoms with van der Waals surface area (Å²) >= 11 is 0. The van der Waals surface area contributed by atoms with E-state index in [1.54, 1.807) is 0 Å². The second kappa shape index (κ2) is 6.93. The molecule has 0 radical (unpaired) electrons. The Morgan fingerprint density at radius 1 is 1.14 bits per heavy atom. The molecule has 2 heteroatoms. The molecule has 2 nitrogen and oxygen atoms in total. The van der Waals surface area contributed by atoms with E-state index in [9.17, 15) is 0 Å². The molecule has 116 valence electrons. The molecule has 0 saturated carbocycles. The van der Waals surface area contributed by atoms with E-state index in [1.807, 2.05) is 0 Å². The van der Waals surface area contributed by atoms with Crippen molar-refractivity contribution in [1.82, 2.24) is 10.2 Å². The zero-order chi connectivity index (χ0) is 14.7. The smallest absolute Gasteiger partial charge is 0.0319 e. The molecule has 1 N–H and O–H groups in total. The zero-order valence-corrected chi connectivity index (χ0v) is 13.6. The van der Waals surface area contributed by atoms with Gasteiger partial charge >= 0.3 is 0 Å². The highest BCUT2D eigenvalue weighted by atomic mass is 15.2. The van der Waals surface area contributed by atoms with E-state index in [2.05, 4.69) is 48.3 Å². The van der Waals surface area contributed by atoms with E-state index in [-0.39, 0.29) is 0 Å². The van der Waals surface area contributed by atoms with Gasteiger partial charge in [0.1, 0.15) is 0 Å². The Morgan fingerprint density at radius 3 is 2.43 bits per heavy atom. The maximum atomic E-state index is 3.70. The second-order valence-electron chi connectivity index (χ2n) is 6.85. The first-order valence-electron chi connectivity index (χ1n) is 8.84. The predicted octanol–water partition coefficient (Wildman–Crippen LogP) is 3.77. The summed E-state index contributed by atoms with van der Waals surface area (Å²) in [4.78, 5) is 2.67. The van der Waals surface area contributed by atoms with Crippen LogP contribution in [0.1, 0.15) is 56.7 Å². The Hall–Kier alpha value is -0.860. The monoisotopic (exact) mass is 286 g/mol. The lowest BCUT2D eigenvalue weighted by atomic mass is 9.87. The molecule has 21 heavy (non-hydrogen) atoms. The molecule has 0 spiro atoms. The molecule has 2 aliphatic rings. The Bertz CT molecular complexity index is 425. The van der Waals surface area contributed by atoms with Crippen molar-refractivity contribution in [2.75, 3.05) is 19.6 Å². The van der Waals surface area contributed by atoms with Crippen LogP contribution in [0.5, 0.6) is 0 Å². The third-order valence-corrected chi connectivity index (χ3v) is 5.66. The van der Waals surface area contributed by atoms with Gasteiger partial charge in [0.15, 0.2) is 0 Å². The van der Waals surface area contributed by atoms with Gasteiger partial charge in [-0.3, -0.25) is 4.90 Å². The van der Waals surface area contributed by atoms with Crippen molar-refractivity contribution in [3.63, 3.8) is 0 Å². The average Bonchev–Trinajstić information content (AvgIpc) is 3.09. The quantitative estimate of drug-likeness (QED) is 0.906. The van der Waals surface area contributed by atoms with Gasteiger partial charge in [0, 0.05) is 12.1 Å². The number of aryl methyl sites for hydroxylation is 1. The normalized spacial score (nSPS) is 26.1. The summed E-state index contributed by atoms with van der Waals surface area (Å²) in [6, 6.07) is 10.6. The van der Waals surface area contributed by atoms with Crippen molar-refractivity contribution < 1.29 is 0 Å². The van der Waals surface area contributed by atoms with Gasteiger partial charge in [-0.25, -0.2) is 0 Å². The van der Waals surface area contributed by atoms with Crippen LogP contribution in [0.15, 0.2) is 24.3 Å². The van der Waals surface area contributed by atoms with Gasteiger partial charge in [-0.15, -0.1) is 0 Å². The molecular weight excluding hydrogens is 256 g/mol. The fourth-order valence-electron chi connectivity index (χ4n) is 4.07. The molecular formula is C19H30N2. The minimum absolute atomic E-state index is 0.563. The van der Waals surface area contributed by atoms with Crippen LogP contribution >= 0.6 is 0 Å². The lowest BCUT2D eigenvalue weighted by molar-refractivity contribution is 0.126. The van der Waals surface area contributed by atoms with E-state index in [0.29, 0.717) is 6.04 Å². The Labute approximate surface area is 129 Å². The van der Waals surface area contributed by atoms with Crippen LogP contribution in [0.4, 0.5) is 0 Å². The summed E-state index contributed by atoms with van der Waals surface area (Å²) in [5.74, 6) is 0.915. The van der Waals surface area contributed by atoms with Crippen molar-refractivity contribution in [3.05, 3.63) is 35.4 Å². The van der Waals surface area contributed by atoms with Gasteiger partial charge in [0.05, 0.1) is 0 Å². The van der Waals surface area contributed by atoms with Gasteiger partial charge in [-0.1, -0.05) is 31.2 Å². The maximum absolute atomic E-state index is 3.70. The molecule has 1 aromatic carbocycles. The molecule has 0 bridgehead atoms. The van der Waals surface area contributed by atoms with E-state index in [4.69, 9.17) is 0 Å². The predicted molar refractivity (Wildman–Crippen MR) is 89.6 cm³/mol.